The Hall–Kier alpha value is -1.35. The van der Waals surface area contributed by atoms with E-state index in [2.05, 4.69) is 61.6 Å². The topological polar surface area (TPSA) is 12.0 Å². The van der Waals surface area contributed by atoms with Crippen LogP contribution in [0, 0.1) is 6.92 Å². The average molecular weight is 316 g/mol. The molecule has 0 aliphatic heterocycles. The Bertz CT molecular complexity index is 763. The highest BCUT2D eigenvalue weighted by Crippen LogP contribution is 2.35. The fourth-order valence-corrected chi connectivity index (χ4v) is 4.06. The highest BCUT2D eigenvalue weighted by atomic mass is 35.5. The molecule has 0 bridgehead atoms. The van der Waals surface area contributed by atoms with Gasteiger partial charge in [-0.15, -0.1) is 11.3 Å². The summed E-state index contributed by atoms with van der Waals surface area (Å²) in [6.07, 6.45) is 0. The summed E-state index contributed by atoms with van der Waals surface area (Å²) in [5.41, 5.74) is 2.66. The lowest BCUT2D eigenvalue weighted by atomic mass is 10.0. The molecule has 3 aromatic rings. The number of nitrogens with one attached hydrogen (secondary N) is 1. The second kappa shape index (κ2) is 6.18. The standard InChI is InChI=1S/C18H18ClNS/c1-12-7-3-4-8-14(12)13(2)20-11-17-18(19)15-9-5-6-10-16(15)21-17/h3-10,13,20H,11H2,1-2H3. The molecule has 0 saturated heterocycles. The molecule has 1 heterocycles. The Labute approximate surface area is 134 Å². The molecule has 0 aliphatic rings. The third kappa shape index (κ3) is 2.98. The largest absolute Gasteiger partial charge is 0.305 e. The van der Waals surface area contributed by atoms with Crippen molar-refractivity contribution in [3.8, 4) is 0 Å². The fraction of sp³-hybridized carbons (Fsp3) is 0.222. The predicted octanol–water partition coefficient (Wildman–Crippen LogP) is 5.71. The maximum Gasteiger partial charge on any atom is 0.0636 e. The molecule has 0 saturated carbocycles. The maximum absolute atomic E-state index is 6.49. The van der Waals surface area contributed by atoms with Crippen molar-refractivity contribution in [3.63, 3.8) is 0 Å². The van der Waals surface area contributed by atoms with E-state index in [4.69, 9.17) is 11.6 Å². The van der Waals surface area contributed by atoms with Crippen LogP contribution in [0.5, 0.6) is 0 Å². The lowest BCUT2D eigenvalue weighted by Crippen LogP contribution is -2.18. The Morgan fingerprint density at radius 3 is 2.57 bits per heavy atom. The first-order valence-electron chi connectivity index (χ1n) is 7.11. The van der Waals surface area contributed by atoms with Gasteiger partial charge >= 0.3 is 0 Å². The van der Waals surface area contributed by atoms with Crippen LogP contribution in [0.2, 0.25) is 5.02 Å². The molecule has 1 N–H and O–H groups in total. The zero-order valence-corrected chi connectivity index (χ0v) is 13.8. The fourth-order valence-electron chi connectivity index (χ4n) is 2.61. The van der Waals surface area contributed by atoms with E-state index in [0.29, 0.717) is 6.04 Å². The smallest absolute Gasteiger partial charge is 0.0636 e. The third-order valence-electron chi connectivity index (χ3n) is 3.83. The predicted molar refractivity (Wildman–Crippen MR) is 93.3 cm³/mol. The number of hydrogen-bond donors (Lipinski definition) is 1. The molecule has 0 aliphatic carbocycles. The molecule has 0 fully saturated rings. The molecule has 3 heteroatoms. The van der Waals surface area contributed by atoms with E-state index in [1.807, 2.05) is 6.07 Å². The first-order valence-corrected chi connectivity index (χ1v) is 8.31. The zero-order valence-electron chi connectivity index (χ0n) is 12.2. The first-order chi connectivity index (χ1) is 10.2. The minimum Gasteiger partial charge on any atom is -0.305 e. The summed E-state index contributed by atoms with van der Waals surface area (Å²) in [6.45, 7) is 5.15. The lowest BCUT2D eigenvalue weighted by molar-refractivity contribution is 0.576. The van der Waals surface area contributed by atoms with Crippen LogP contribution in [0.1, 0.15) is 29.0 Å². The van der Waals surface area contributed by atoms with Crippen LogP contribution in [-0.2, 0) is 6.54 Å². The molecule has 1 aromatic heterocycles. The van der Waals surface area contributed by atoms with Crippen molar-refractivity contribution < 1.29 is 0 Å². The van der Waals surface area contributed by atoms with Crippen molar-refractivity contribution in [1.82, 2.24) is 5.32 Å². The van der Waals surface area contributed by atoms with Crippen LogP contribution >= 0.6 is 22.9 Å². The van der Waals surface area contributed by atoms with Crippen molar-refractivity contribution in [2.45, 2.75) is 26.4 Å². The summed E-state index contributed by atoms with van der Waals surface area (Å²) in [6, 6.07) is 17.1. The molecular weight excluding hydrogens is 298 g/mol. The van der Waals surface area contributed by atoms with E-state index in [9.17, 15) is 0 Å². The van der Waals surface area contributed by atoms with E-state index >= 15 is 0 Å². The van der Waals surface area contributed by atoms with Crippen LogP contribution < -0.4 is 5.32 Å². The Morgan fingerprint density at radius 1 is 1.10 bits per heavy atom. The van der Waals surface area contributed by atoms with Crippen LogP contribution in [0.3, 0.4) is 0 Å². The number of fused-ring (bicyclic) bond motifs is 1. The Kier molecular flexibility index (Phi) is 4.29. The number of aryl methyl sites for hydroxylation is 1. The third-order valence-corrected chi connectivity index (χ3v) is 5.54. The van der Waals surface area contributed by atoms with Gasteiger partial charge in [0.25, 0.3) is 0 Å². The lowest BCUT2D eigenvalue weighted by Gasteiger charge is -2.16. The van der Waals surface area contributed by atoms with Crippen molar-refractivity contribution in [3.05, 3.63) is 69.6 Å². The van der Waals surface area contributed by atoms with Crippen LogP contribution in [0.4, 0.5) is 0 Å². The second-order valence-corrected chi connectivity index (χ2v) is 6.81. The molecule has 0 spiro atoms. The number of thiophene rings is 1. The van der Waals surface area contributed by atoms with Crippen LogP contribution in [-0.4, -0.2) is 0 Å². The van der Waals surface area contributed by atoms with E-state index in [1.165, 1.54) is 20.7 Å². The van der Waals surface area contributed by atoms with Crippen molar-refractivity contribution in [1.29, 1.82) is 0 Å². The van der Waals surface area contributed by atoms with Gasteiger partial charge in [0, 0.05) is 27.5 Å². The molecule has 108 valence electrons. The summed E-state index contributed by atoms with van der Waals surface area (Å²) in [5, 5.41) is 5.63. The molecule has 1 atom stereocenters. The van der Waals surface area contributed by atoms with Gasteiger partial charge < -0.3 is 5.32 Å². The van der Waals surface area contributed by atoms with E-state index in [1.54, 1.807) is 11.3 Å². The van der Waals surface area contributed by atoms with Gasteiger partial charge in [-0.3, -0.25) is 0 Å². The normalized spacial score (nSPS) is 12.7. The summed E-state index contributed by atoms with van der Waals surface area (Å²) in [7, 11) is 0. The second-order valence-electron chi connectivity index (χ2n) is 5.29. The van der Waals surface area contributed by atoms with Gasteiger partial charge in [-0.2, -0.15) is 0 Å². The maximum atomic E-state index is 6.49. The highest BCUT2D eigenvalue weighted by molar-refractivity contribution is 7.19. The van der Waals surface area contributed by atoms with Gasteiger partial charge in [-0.05, 0) is 31.0 Å². The molecule has 1 nitrogen and oxygen atoms in total. The molecule has 1 unspecified atom stereocenters. The minimum absolute atomic E-state index is 0.312. The molecule has 0 radical (unpaired) electrons. The SMILES string of the molecule is Cc1ccccc1C(C)NCc1sc2ccccc2c1Cl. The summed E-state index contributed by atoms with van der Waals surface area (Å²) in [4.78, 5) is 1.21. The minimum atomic E-state index is 0.312. The van der Waals surface area contributed by atoms with Crippen LogP contribution in [0.15, 0.2) is 48.5 Å². The van der Waals surface area contributed by atoms with E-state index in [-0.39, 0.29) is 0 Å². The molecular formula is C18H18ClNS. The molecule has 2 aromatic carbocycles. The Morgan fingerprint density at radius 2 is 1.81 bits per heavy atom. The summed E-state index contributed by atoms with van der Waals surface area (Å²) >= 11 is 8.26. The number of rotatable bonds is 4. The number of benzene rings is 2. The van der Waals surface area contributed by atoms with Gasteiger partial charge in [0.2, 0.25) is 0 Å². The van der Waals surface area contributed by atoms with Gasteiger partial charge in [0.1, 0.15) is 0 Å². The molecule has 0 amide bonds. The molecule has 3 rings (SSSR count). The number of halogens is 1. The van der Waals surface area contributed by atoms with Gasteiger partial charge in [-0.1, -0.05) is 54.1 Å². The Balaban J connectivity index is 1.77. The number of hydrogen-bond acceptors (Lipinski definition) is 2. The van der Waals surface area contributed by atoms with Gasteiger partial charge in [0.15, 0.2) is 0 Å². The quantitative estimate of drug-likeness (QED) is 0.650. The van der Waals surface area contributed by atoms with Crippen molar-refractivity contribution in [2.75, 3.05) is 0 Å². The van der Waals surface area contributed by atoms with E-state index < -0.39 is 0 Å². The first kappa shape index (κ1) is 14.6. The van der Waals surface area contributed by atoms with Crippen molar-refractivity contribution in [2.24, 2.45) is 0 Å². The van der Waals surface area contributed by atoms with Gasteiger partial charge in [-0.25, -0.2) is 0 Å². The highest BCUT2D eigenvalue weighted by Gasteiger charge is 2.12. The monoisotopic (exact) mass is 315 g/mol. The van der Waals surface area contributed by atoms with Crippen LogP contribution in [0.25, 0.3) is 10.1 Å². The average Bonchev–Trinajstić information content (AvgIpc) is 2.82. The summed E-state index contributed by atoms with van der Waals surface area (Å²) in [5.74, 6) is 0. The van der Waals surface area contributed by atoms with E-state index in [0.717, 1.165) is 17.0 Å². The van der Waals surface area contributed by atoms with Crippen molar-refractivity contribution >= 4 is 33.0 Å². The zero-order chi connectivity index (χ0) is 14.8. The molecule has 21 heavy (non-hydrogen) atoms. The van der Waals surface area contributed by atoms with Gasteiger partial charge in [0.05, 0.1) is 5.02 Å². The summed E-state index contributed by atoms with van der Waals surface area (Å²) < 4.78 is 1.25.